The van der Waals surface area contributed by atoms with Crippen molar-refractivity contribution in [3.8, 4) is 0 Å². The Morgan fingerprint density at radius 3 is 3.00 bits per heavy atom. The molecule has 2 N–H and O–H groups in total. The number of hydrogen-bond donors (Lipinski definition) is 1. The van der Waals surface area contributed by atoms with Gasteiger partial charge < -0.3 is 19.8 Å². The maximum Gasteiger partial charge on any atom is 0.360 e. The molecule has 0 amide bonds. The summed E-state index contributed by atoms with van der Waals surface area (Å²) >= 11 is 0. The molecule has 0 bridgehead atoms. The van der Waals surface area contributed by atoms with Gasteiger partial charge in [-0.1, -0.05) is 0 Å². The van der Waals surface area contributed by atoms with Crippen molar-refractivity contribution in [3.05, 3.63) is 12.0 Å². The van der Waals surface area contributed by atoms with Crippen LogP contribution in [-0.4, -0.2) is 35.8 Å². The summed E-state index contributed by atoms with van der Waals surface area (Å²) in [6.45, 7) is 3.12. The van der Waals surface area contributed by atoms with E-state index in [0.29, 0.717) is 25.6 Å². The second-order valence-corrected chi connectivity index (χ2v) is 2.89. The van der Waals surface area contributed by atoms with E-state index in [2.05, 4.69) is 4.98 Å². The minimum atomic E-state index is -0.494. The molecule has 0 radical (unpaired) electrons. The lowest BCUT2D eigenvalue weighted by Crippen LogP contribution is -2.11. The van der Waals surface area contributed by atoms with Gasteiger partial charge in [-0.2, -0.15) is 0 Å². The van der Waals surface area contributed by atoms with Crippen molar-refractivity contribution >= 4 is 11.8 Å². The third-order valence-corrected chi connectivity index (χ3v) is 1.88. The molecule has 1 aromatic heterocycles. The van der Waals surface area contributed by atoms with Gasteiger partial charge in [0.05, 0.1) is 19.5 Å². The number of methoxy groups -OCH3 is 1. The third kappa shape index (κ3) is 2.69. The number of esters is 1. The lowest BCUT2D eigenvalue weighted by molar-refractivity contribution is 0.0521. The summed E-state index contributed by atoms with van der Waals surface area (Å²) in [5.41, 5.74) is 5.88. The molecule has 6 nitrogen and oxygen atoms in total. The van der Waals surface area contributed by atoms with Gasteiger partial charge in [0, 0.05) is 13.7 Å². The second-order valence-electron chi connectivity index (χ2n) is 2.89. The molecule has 84 valence electrons. The first-order chi connectivity index (χ1) is 7.20. The van der Waals surface area contributed by atoms with Crippen molar-refractivity contribution in [2.75, 3.05) is 26.1 Å². The van der Waals surface area contributed by atoms with Crippen LogP contribution in [0.1, 0.15) is 17.4 Å². The van der Waals surface area contributed by atoms with Crippen LogP contribution < -0.4 is 5.73 Å². The van der Waals surface area contributed by atoms with Gasteiger partial charge in [0.2, 0.25) is 0 Å². The number of anilines is 1. The molecule has 0 fully saturated rings. The smallest absolute Gasteiger partial charge is 0.360 e. The molecule has 1 rings (SSSR count). The molecule has 0 aliphatic carbocycles. The fourth-order valence-electron chi connectivity index (χ4n) is 1.12. The van der Waals surface area contributed by atoms with Gasteiger partial charge in [0.1, 0.15) is 5.82 Å². The minimum Gasteiger partial charge on any atom is -0.461 e. The number of carbonyl (C=O) groups excluding carboxylic acids is 1. The van der Waals surface area contributed by atoms with Crippen molar-refractivity contribution in [1.29, 1.82) is 0 Å². The van der Waals surface area contributed by atoms with E-state index >= 15 is 0 Å². The monoisotopic (exact) mass is 213 g/mol. The van der Waals surface area contributed by atoms with E-state index in [0.717, 1.165) is 0 Å². The highest BCUT2D eigenvalue weighted by molar-refractivity contribution is 5.92. The Labute approximate surface area is 88.0 Å². The number of ether oxygens (including phenoxy) is 2. The lowest BCUT2D eigenvalue weighted by atomic mass is 10.4. The molecule has 0 saturated heterocycles. The van der Waals surface area contributed by atoms with E-state index in [-0.39, 0.29) is 5.69 Å². The van der Waals surface area contributed by atoms with Gasteiger partial charge in [-0.25, -0.2) is 9.78 Å². The zero-order chi connectivity index (χ0) is 11.3. The van der Waals surface area contributed by atoms with Crippen LogP contribution in [0.3, 0.4) is 0 Å². The SMILES string of the molecule is CCOC(=O)c1ncn(CCOC)c1N. The Morgan fingerprint density at radius 2 is 2.40 bits per heavy atom. The fourth-order valence-corrected chi connectivity index (χ4v) is 1.12. The van der Waals surface area contributed by atoms with E-state index < -0.39 is 5.97 Å². The average molecular weight is 213 g/mol. The molecule has 0 unspecified atom stereocenters. The van der Waals surface area contributed by atoms with Crippen molar-refractivity contribution in [3.63, 3.8) is 0 Å². The first-order valence-electron chi connectivity index (χ1n) is 4.67. The molecule has 6 heteroatoms. The Balaban J connectivity index is 2.74. The number of nitrogens with two attached hydrogens (primary N) is 1. The molecule has 0 atom stereocenters. The molecule has 1 aromatic rings. The Morgan fingerprint density at radius 1 is 1.67 bits per heavy atom. The number of nitrogens with zero attached hydrogens (tertiary/aromatic N) is 2. The molecule has 15 heavy (non-hydrogen) atoms. The summed E-state index contributed by atoms with van der Waals surface area (Å²) in [5, 5.41) is 0. The van der Waals surface area contributed by atoms with Crippen molar-refractivity contribution in [2.45, 2.75) is 13.5 Å². The van der Waals surface area contributed by atoms with E-state index in [1.54, 1.807) is 18.6 Å². The first-order valence-corrected chi connectivity index (χ1v) is 4.67. The highest BCUT2D eigenvalue weighted by Crippen LogP contribution is 2.11. The maximum absolute atomic E-state index is 11.3. The van der Waals surface area contributed by atoms with Crippen LogP contribution in [-0.2, 0) is 16.0 Å². The summed E-state index contributed by atoms with van der Waals surface area (Å²) in [7, 11) is 1.60. The standard InChI is InChI=1S/C9H15N3O3/c1-3-15-9(13)7-8(10)12(6-11-7)4-5-14-2/h6H,3-5,10H2,1-2H3. The summed E-state index contributed by atoms with van der Waals surface area (Å²) in [6, 6.07) is 0. The normalized spacial score (nSPS) is 10.3. The van der Waals surface area contributed by atoms with Crippen LogP contribution in [0, 0.1) is 0 Å². The molecule has 1 heterocycles. The molecule has 0 aliphatic heterocycles. The zero-order valence-corrected chi connectivity index (χ0v) is 8.90. The molecular weight excluding hydrogens is 198 g/mol. The minimum absolute atomic E-state index is 0.160. The van der Waals surface area contributed by atoms with E-state index in [9.17, 15) is 4.79 Å². The quantitative estimate of drug-likeness (QED) is 0.711. The predicted molar refractivity (Wildman–Crippen MR) is 54.5 cm³/mol. The van der Waals surface area contributed by atoms with Gasteiger partial charge in [-0.05, 0) is 6.92 Å². The Bertz CT molecular complexity index is 335. The highest BCUT2D eigenvalue weighted by atomic mass is 16.5. The predicted octanol–water partition coefficient (Wildman–Crippen LogP) is 0.288. The second kappa shape index (κ2) is 5.35. The molecular formula is C9H15N3O3. The highest BCUT2D eigenvalue weighted by Gasteiger charge is 2.16. The van der Waals surface area contributed by atoms with Crippen LogP contribution in [0.4, 0.5) is 5.82 Å². The van der Waals surface area contributed by atoms with Gasteiger partial charge in [-0.3, -0.25) is 0 Å². The number of nitrogen functional groups attached to an aromatic ring is 1. The average Bonchev–Trinajstić information content (AvgIpc) is 2.57. The van der Waals surface area contributed by atoms with Crippen molar-refractivity contribution in [1.82, 2.24) is 9.55 Å². The zero-order valence-electron chi connectivity index (χ0n) is 8.90. The van der Waals surface area contributed by atoms with Gasteiger partial charge in [0.25, 0.3) is 0 Å². The van der Waals surface area contributed by atoms with Gasteiger partial charge in [-0.15, -0.1) is 0 Å². The molecule has 0 aromatic carbocycles. The van der Waals surface area contributed by atoms with Crippen molar-refractivity contribution < 1.29 is 14.3 Å². The largest absolute Gasteiger partial charge is 0.461 e. The maximum atomic E-state index is 11.3. The number of imidazole rings is 1. The fraction of sp³-hybridized carbons (Fsp3) is 0.556. The van der Waals surface area contributed by atoms with Crippen LogP contribution in [0.15, 0.2) is 6.33 Å². The van der Waals surface area contributed by atoms with E-state index in [4.69, 9.17) is 15.2 Å². The number of carbonyl (C=O) groups is 1. The number of aromatic nitrogens is 2. The van der Waals surface area contributed by atoms with Crippen molar-refractivity contribution in [2.24, 2.45) is 0 Å². The van der Waals surface area contributed by atoms with Crippen LogP contribution >= 0.6 is 0 Å². The lowest BCUT2D eigenvalue weighted by Gasteiger charge is -2.04. The summed E-state index contributed by atoms with van der Waals surface area (Å²) < 4.78 is 11.3. The van der Waals surface area contributed by atoms with Gasteiger partial charge in [0.15, 0.2) is 5.69 Å². The van der Waals surface area contributed by atoms with Crippen LogP contribution in [0.25, 0.3) is 0 Å². The number of rotatable bonds is 5. The third-order valence-electron chi connectivity index (χ3n) is 1.88. The molecule has 0 aliphatic rings. The van der Waals surface area contributed by atoms with E-state index in [1.807, 2.05) is 0 Å². The molecule has 0 saturated carbocycles. The van der Waals surface area contributed by atoms with E-state index in [1.165, 1.54) is 6.33 Å². The topological polar surface area (TPSA) is 79.4 Å². The summed E-state index contributed by atoms with van der Waals surface area (Å²) in [6.07, 6.45) is 1.50. The molecule has 0 spiro atoms. The number of hydrogen-bond acceptors (Lipinski definition) is 5. The Hall–Kier alpha value is -1.56. The van der Waals surface area contributed by atoms with Gasteiger partial charge >= 0.3 is 5.97 Å². The Kier molecular flexibility index (Phi) is 4.11. The summed E-state index contributed by atoms with van der Waals surface area (Å²) in [5.74, 6) is -0.184. The van der Waals surface area contributed by atoms with Crippen LogP contribution in [0.5, 0.6) is 0 Å². The first kappa shape index (κ1) is 11.5. The van der Waals surface area contributed by atoms with Crippen LogP contribution in [0.2, 0.25) is 0 Å². The summed E-state index contributed by atoms with van der Waals surface area (Å²) in [4.78, 5) is 15.2.